The maximum atomic E-state index is 14.3. The van der Waals surface area contributed by atoms with E-state index in [-0.39, 0.29) is 31.7 Å². The molecule has 2 amide bonds. The van der Waals surface area contributed by atoms with Gasteiger partial charge in [-0.25, -0.2) is 4.79 Å². The summed E-state index contributed by atoms with van der Waals surface area (Å²) in [4.78, 5) is 30.2. The minimum absolute atomic E-state index is 0.0129. The second-order valence-corrected chi connectivity index (χ2v) is 14.5. The lowest BCUT2D eigenvalue weighted by molar-refractivity contribution is -0.136. The predicted molar refractivity (Wildman–Crippen MR) is 203 cm³/mol. The molecule has 3 aromatic rings. The molecule has 0 radical (unpaired) electrons. The van der Waals surface area contributed by atoms with E-state index in [1.807, 2.05) is 42.2 Å². The number of aryl methyl sites for hydroxylation is 2. The molecule has 0 aromatic heterocycles. The summed E-state index contributed by atoms with van der Waals surface area (Å²) >= 11 is 12.6. The number of likely N-dealkylation sites (tertiary alicyclic amines) is 1. The maximum Gasteiger partial charge on any atom is 0.404 e. The van der Waals surface area contributed by atoms with Crippen LogP contribution in [0.25, 0.3) is 0 Å². The van der Waals surface area contributed by atoms with Gasteiger partial charge in [-0.05, 0) is 124 Å². The molecular weight excluding hydrogens is 705 g/mol. The van der Waals surface area contributed by atoms with E-state index in [4.69, 9.17) is 42.1 Å². The second-order valence-electron chi connectivity index (χ2n) is 13.7. The molecule has 0 bridgehead atoms. The minimum atomic E-state index is -1.16. The Bertz CT molecular complexity index is 1590. The van der Waals surface area contributed by atoms with Gasteiger partial charge in [-0.3, -0.25) is 9.69 Å². The Labute approximate surface area is 317 Å². The van der Waals surface area contributed by atoms with Gasteiger partial charge in [-0.15, -0.1) is 0 Å². The number of carboxylic acid groups (broad SMARTS) is 1. The van der Waals surface area contributed by atoms with Crippen LogP contribution < -0.4 is 19.5 Å². The lowest BCUT2D eigenvalue weighted by Gasteiger charge is -2.28. The molecule has 2 fully saturated rings. The first-order chi connectivity index (χ1) is 25.2. The molecule has 1 aliphatic carbocycles. The Kier molecular flexibility index (Phi) is 15.2. The first kappa shape index (κ1) is 39.5. The highest BCUT2D eigenvalue weighted by Gasteiger charge is 2.36. The van der Waals surface area contributed by atoms with Crippen LogP contribution in [-0.4, -0.2) is 92.7 Å². The van der Waals surface area contributed by atoms with Gasteiger partial charge in [0.2, 0.25) is 5.91 Å². The number of hydrogen-bond acceptors (Lipinski definition) is 7. The Morgan fingerprint density at radius 3 is 2.23 bits per heavy atom. The fourth-order valence-corrected chi connectivity index (χ4v) is 7.27. The van der Waals surface area contributed by atoms with Crippen molar-refractivity contribution in [3.8, 4) is 17.2 Å². The lowest BCUT2D eigenvalue weighted by Crippen LogP contribution is -2.43. The van der Waals surface area contributed by atoms with Crippen LogP contribution in [0.3, 0.4) is 0 Å². The fraction of sp³-hybridized carbons (Fsp3) is 0.500. The number of hydrogen-bond donors (Lipinski definition) is 2. The molecule has 52 heavy (non-hydrogen) atoms. The molecule has 3 aromatic carbocycles. The molecule has 282 valence electrons. The zero-order valence-electron chi connectivity index (χ0n) is 30.2. The van der Waals surface area contributed by atoms with Gasteiger partial charge in [0.15, 0.2) is 5.75 Å². The summed E-state index contributed by atoms with van der Waals surface area (Å²) in [5.41, 5.74) is 4.00. The van der Waals surface area contributed by atoms with Crippen molar-refractivity contribution in [3.05, 3.63) is 86.9 Å². The van der Waals surface area contributed by atoms with Crippen LogP contribution in [0.2, 0.25) is 10.0 Å². The van der Waals surface area contributed by atoms with E-state index in [1.165, 1.54) is 12.8 Å². The summed E-state index contributed by atoms with van der Waals surface area (Å²) in [6.07, 6.45) is 5.28. The smallest absolute Gasteiger partial charge is 0.404 e. The minimum Gasteiger partial charge on any atom is -0.492 e. The van der Waals surface area contributed by atoms with Gasteiger partial charge >= 0.3 is 6.09 Å². The van der Waals surface area contributed by atoms with Crippen molar-refractivity contribution in [2.75, 3.05) is 59.7 Å². The number of nitrogens with one attached hydrogen (secondary N) is 1. The molecule has 1 saturated heterocycles. The number of benzene rings is 3. The highest BCUT2D eigenvalue weighted by molar-refractivity contribution is 6.37. The number of methoxy groups -OCH3 is 1. The Morgan fingerprint density at radius 2 is 1.56 bits per heavy atom. The molecule has 1 atom stereocenters. The van der Waals surface area contributed by atoms with Crippen LogP contribution >= 0.6 is 23.2 Å². The van der Waals surface area contributed by atoms with E-state index >= 15 is 0 Å². The van der Waals surface area contributed by atoms with Crippen LogP contribution in [-0.2, 0) is 28.9 Å². The molecule has 10 nitrogen and oxygen atoms in total. The summed E-state index contributed by atoms with van der Waals surface area (Å²) in [5, 5.41) is 12.8. The predicted octanol–water partition coefficient (Wildman–Crippen LogP) is 7.43. The van der Waals surface area contributed by atoms with E-state index in [1.54, 1.807) is 19.2 Å². The van der Waals surface area contributed by atoms with Gasteiger partial charge in [-0.1, -0.05) is 41.4 Å². The Hall–Kier alpha value is -3.70. The number of halogens is 2. The number of nitrogens with zero attached hydrogens (tertiary/aromatic N) is 2. The third-order valence-corrected chi connectivity index (χ3v) is 9.90. The summed E-state index contributed by atoms with van der Waals surface area (Å²) in [6, 6.07) is 17.5. The number of carbonyl (C=O) groups is 2. The van der Waals surface area contributed by atoms with Crippen molar-refractivity contribution in [1.82, 2.24) is 15.1 Å². The van der Waals surface area contributed by atoms with Crippen LogP contribution in [0, 0.1) is 12.8 Å². The molecule has 12 heteroatoms. The summed E-state index contributed by atoms with van der Waals surface area (Å²) in [6.45, 7) is 7.30. The van der Waals surface area contributed by atoms with Gasteiger partial charge in [-0.2, -0.15) is 0 Å². The maximum absolute atomic E-state index is 14.3. The second kappa shape index (κ2) is 19.9. The van der Waals surface area contributed by atoms with E-state index in [0.717, 1.165) is 73.3 Å². The number of ether oxygens (including phenoxy) is 4. The van der Waals surface area contributed by atoms with E-state index in [2.05, 4.69) is 22.3 Å². The molecule has 5 rings (SSSR count). The molecule has 1 heterocycles. The van der Waals surface area contributed by atoms with Crippen molar-refractivity contribution in [3.63, 3.8) is 0 Å². The van der Waals surface area contributed by atoms with Crippen molar-refractivity contribution < 1.29 is 33.6 Å². The molecule has 2 N–H and O–H groups in total. The van der Waals surface area contributed by atoms with Crippen LogP contribution in [0.4, 0.5) is 4.79 Å². The average Bonchev–Trinajstić information content (AvgIpc) is 3.82. The van der Waals surface area contributed by atoms with Crippen molar-refractivity contribution >= 4 is 35.2 Å². The van der Waals surface area contributed by atoms with Gasteiger partial charge in [0.05, 0.1) is 16.0 Å². The van der Waals surface area contributed by atoms with E-state index in [0.29, 0.717) is 47.7 Å². The van der Waals surface area contributed by atoms with Gasteiger partial charge in [0, 0.05) is 39.4 Å². The fourth-order valence-electron chi connectivity index (χ4n) is 6.56. The standard InChI is InChI=1S/C40H51Cl2N3O7/c1-28-20-36(41)38(37(42)21-28)52-19-18-51-34-11-7-29(8-12-34)23-32(26-43-40(47)48)39(46)45(33-9-10-33)27-31-22-30(6-5-16-49-2)24-35(25-31)50-17-15-44-13-3-4-14-44/h7-8,11-12,20-22,24-25,32-33,43H,3-6,9-10,13-19,23,26-27H2,1-2H3,(H,47,48). The van der Waals surface area contributed by atoms with Crippen LogP contribution in [0.15, 0.2) is 54.6 Å². The first-order valence-electron chi connectivity index (χ1n) is 18.2. The van der Waals surface area contributed by atoms with Gasteiger partial charge < -0.3 is 34.3 Å². The quantitative estimate of drug-likeness (QED) is 0.108. The molecule has 0 spiro atoms. The van der Waals surface area contributed by atoms with Crippen molar-refractivity contribution in [2.45, 2.75) is 64.5 Å². The Balaban J connectivity index is 1.22. The normalized spacial score (nSPS) is 14.9. The molecule has 2 aliphatic rings. The molecule has 1 unspecified atom stereocenters. The third-order valence-electron chi connectivity index (χ3n) is 9.33. The summed E-state index contributed by atoms with van der Waals surface area (Å²) in [7, 11) is 1.71. The highest BCUT2D eigenvalue weighted by Crippen LogP contribution is 2.34. The molecule has 1 aliphatic heterocycles. The molecular formula is C40H51Cl2N3O7. The lowest BCUT2D eigenvalue weighted by atomic mass is 9.97. The number of carbonyl (C=O) groups excluding carboxylic acids is 1. The number of amides is 2. The zero-order valence-corrected chi connectivity index (χ0v) is 31.7. The van der Waals surface area contributed by atoms with Crippen molar-refractivity contribution in [1.29, 1.82) is 0 Å². The first-order valence-corrected chi connectivity index (χ1v) is 19.0. The van der Waals surface area contributed by atoms with Gasteiger partial charge in [0.1, 0.15) is 31.3 Å². The SMILES string of the molecule is COCCCc1cc(CN(C(=O)C(CNC(=O)O)Cc2ccc(OCCOc3c(Cl)cc(C)cc3Cl)cc2)C2CC2)cc(OCCN2CCCC2)c1. The topological polar surface area (TPSA) is 110 Å². The van der Waals surface area contributed by atoms with Crippen molar-refractivity contribution in [2.24, 2.45) is 5.92 Å². The monoisotopic (exact) mass is 755 g/mol. The van der Waals surface area contributed by atoms with Crippen LogP contribution in [0.5, 0.6) is 17.2 Å². The zero-order chi connectivity index (χ0) is 36.9. The average molecular weight is 757 g/mol. The largest absolute Gasteiger partial charge is 0.492 e. The summed E-state index contributed by atoms with van der Waals surface area (Å²) < 4.78 is 23.2. The van der Waals surface area contributed by atoms with E-state index < -0.39 is 12.0 Å². The Morgan fingerprint density at radius 1 is 0.885 bits per heavy atom. The van der Waals surface area contributed by atoms with E-state index in [9.17, 15) is 14.7 Å². The summed E-state index contributed by atoms with van der Waals surface area (Å²) in [5.74, 6) is 1.23. The highest BCUT2D eigenvalue weighted by atomic mass is 35.5. The van der Waals surface area contributed by atoms with Gasteiger partial charge in [0.25, 0.3) is 0 Å². The number of rotatable bonds is 21. The van der Waals surface area contributed by atoms with Crippen LogP contribution in [0.1, 0.15) is 54.4 Å². The molecule has 1 saturated carbocycles. The third kappa shape index (κ3) is 12.5.